The Kier molecular flexibility index (Phi) is 6.88. The van der Waals surface area contributed by atoms with E-state index >= 15 is 0 Å². The lowest BCUT2D eigenvalue weighted by Crippen LogP contribution is -2.46. The largest absolute Gasteiger partial charge is 0.444 e. The van der Waals surface area contributed by atoms with Crippen molar-refractivity contribution in [2.75, 3.05) is 0 Å². The van der Waals surface area contributed by atoms with Gasteiger partial charge in [0.25, 0.3) is 0 Å². The molecule has 124 valence electrons. The highest BCUT2D eigenvalue weighted by Gasteiger charge is 2.25. The third-order valence-electron chi connectivity index (χ3n) is 3.18. The average molecular weight is 307 g/mol. The molecule has 0 saturated carbocycles. The van der Waals surface area contributed by atoms with Gasteiger partial charge >= 0.3 is 6.09 Å². The summed E-state index contributed by atoms with van der Waals surface area (Å²) in [6.45, 7) is 9.61. The maximum atomic E-state index is 12.0. The maximum Gasteiger partial charge on any atom is 0.407 e. The molecule has 1 aromatic rings. The van der Waals surface area contributed by atoms with Crippen molar-refractivity contribution in [2.24, 2.45) is 5.92 Å². The molecule has 1 aromatic carbocycles. The Hall–Kier alpha value is -1.55. The number of amides is 1. The number of rotatable bonds is 6. The number of hydrogen-bond acceptors (Lipinski definition) is 3. The summed E-state index contributed by atoms with van der Waals surface area (Å²) >= 11 is 0. The first kappa shape index (κ1) is 18.5. The van der Waals surface area contributed by atoms with E-state index in [-0.39, 0.29) is 6.04 Å². The average Bonchev–Trinajstić information content (AvgIpc) is 2.36. The number of benzene rings is 1. The van der Waals surface area contributed by atoms with Crippen molar-refractivity contribution in [1.82, 2.24) is 5.32 Å². The molecule has 0 aliphatic heterocycles. The third kappa shape index (κ3) is 7.46. The summed E-state index contributed by atoms with van der Waals surface area (Å²) in [5.41, 5.74) is 0.506. The molecule has 22 heavy (non-hydrogen) atoms. The Morgan fingerprint density at radius 2 is 1.82 bits per heavy atom. The molecule has 2 N–H and O–H groups in total. The van der Waals surface area contributed by atoms with E-state index in [1.54, 1.807) is 0 Å². The molecule has 0 aromatic heterocycles. The van der Waals surface area contributed by atoms with Crippen molar-refractivity contribution in [3.63, 3.8) is 0 Å². The molecule has 0 unspecified atom stereocenters. The normalized spacial score (nSPS) is 14.5. The Bertz CT molecular complexity index is 451. The molecule has 0 aliphatic rings. The molecular formula is C18H29NO3. The van der Waals surface area contributed by atoms with E-state index in [1.165, 1.54) is 0 Å². The van der Waals surface area contributed by atoms with E-state index in [1.807, 2.05) is 51.1 Å². The molecule has 1 amide bonds. The van der Waals surface area contributed by atoms with Crippen molar-refractivity contribution < 1.29 is 14.6 Å². The SMILES string of the molecule is CC(C)C[C@H](NC(=O)OC(C)(C)C)[C@H](O)Cc1ccccc1. The van der Waals surface area contributed by atoms with Gasteiger partial charge in [-0.25, -0.2) is 4.79 Å². The van der Waals surface area contributed by atoms with E-state index in [4.69, 9.17) is 4.74 Å². The summed E-state index contributed by atoms with van der Waals surface area (Å²) in [6, 6.07) is 9.46. The van der Waals surface area contributed by atoms with Gasteiger partial charge in [0, 0.05) is 6.42 Å². The Labute approximate surface area is 133 Å². The second-order valence-corrected chi connectivity index (χ2v) is 7.14. The number of aliphatic hydroxyl groups is 1. The van der Waals surface area contributed by atoms with Crippen LogP contribution in [0.1, 0.15) is 46.6 Å². The van der Waals surface area contributed by atoms with Crippen LogP contribution < -0.4 is 5.32 Å². The number of carbonyl (C=O) groups excluding carboxylic acids is 1. The summed E-state index contributed by atoms with van der Waals surface area (Å²) < 4.78 is 5.29. The highest BCUT2D eigenvalue weighted by atomic mass is 16.6. The number of alkyl carbamates (subject to hydrolysis) is 1. The van der Waals surface area contributed by atoms with E-state index in [0.29, 0.717) is 18.8 Å². The molecule has 1 rings (SSSR count). The fourth-order valence-corrected chi connectivity index (χ4v) is 2.28. The van der Waals surface area contributed by atoms with Crippen LogP contribution in [0, 0.1) is 5.92 Å². The molecule has 0 heterocycles. The first-order valence-corrected chi connectivity index (χ1v) is 7.89. The van der Waals surface area contributed by atoms with Crippen LogP contribution in [0.4, 0.5) is 4.79 Å². The maximum absolute atomic E-state index is 12.0. The fourth-order valence-electron chi connectivity index (χ4n) is 2.28. The number of carbonyl (C=O) groups is 1. The lowest BCUT2D eigenvalue weighted by atomic mass is 9.95. The molecule has 0 saturated heterocycles. The summed E-state index contributed by atoms with van der Waals surface area (Å²) in [7, 11) is 0. The molecule has 4 nitrogen and oxygen atoms in total. The Morgan fingerprint density at radius 3 is 2.32 bits per heavy atom. The highest BCUT2D eigenvalue weighted by Crippen LogP contribution is 2.14. The zero-order valence-electron chi connectivity index (χ0n) is 14.3. The minimum Gasteiger partial charge on any atom is -0.444 e. The first-order chi connectivity index (χ1) is 10.2. The quantitative estimate of drug-likeness (QED) is 0.845. The van der Waals surface area contributed by atoms with Crippen molar-refractivity contribution in [1.29, 1.82) is 0 Å². The number of nitrogens with one attached hydrogen (secondary N) is 1. The molecule has 0 bridgehead atoms. The topological polar surface area (TPSA) is 58.6 Å². The fraction of sp³-hybridized carbons (Fsp3) is 0.611. The van der Waals surface area contributed by atoms with Crippen LogP contribution in [0.5, 0.6) is 0 Å². The smallest absolute Gasteiger partial charge is 0.407 e. The van der Waals surface area contributed by atoms with E-state index < -0.39 is 17.8 Å². The van der Waals surface area contributed by atoms with Gasteiger partial charge < -0.3 is 15.2 Å². The van der Waals surface area contributed by atoms with Crippen molar-refractivity contribution in [3.8, 4) is 0 Å². The van der Waals surface area contributed by atoms with Crippen LogP contribution in [0.15, 0.2) is 30.3 Å². The van der Waals surface area contributed by atoms with Crippen LogP contribution >= 0.6 is 0 Å². The minimum atomic E-state index is -0.641. The van der Waals surface area contributed by atoms with Gasteiger partial charge in [-0.1, -0.05) is 44.2 Å². The lowest BCUT2D eigenvalue weighted by molar-refractivity contribution is 0.0404. The van der Waals surface area contributed by atoms with Gasteiger partial charge in [-0.2, -0.15) is 0 Å². The lowest BCUT2D eigenvalue weighted by Gasteiger charge is -2.28. The van der Waals surface area contributed by atoms with Crippen molar-refractivity contribution >= 4 is 6.09 Å². The first-order valence-electron chi connectivity index (χ1n) is 7.89. The molecule has 0 fully saturated rings. The van der Waals surface area contributed by atoms with Crippen LogP contribution in [0.25, 0.3) is 0 Å². The molecule has 0 aliphatic carbocycles. The van der Waals surface area contributed by atoms with Crippen LogP contribution in [-0.4, -0.2) is 28.9 Å². The second kappa shape index (κ2) is 8.18. The number of hydrogen-bond donors (Lipinski definition) is 2. The summed E-state index contributed by atoms with van der Waals surface area (Å²) in [6.07, 6.45) is 0.0870. The van der Waals surface area contributed by atoms with Crippen molar-refractivity contribution in [2.45, 2.75) is 65.2 Å². The molecular weight excluding hydrogens is 278 g/mol. The summed E-state index contributed by atoms with van der Waals surface area (Å²) in [5, 5.41) is 13.3. The third-order valence-corrected chi connectivity index (χ3v) is 3.18. The van der Waals surface area contributed by atoms with Crippen LogP contribution in [0.2, 0.25) is 0 Å². The molecule has 0 spiro atoms. The zero-order valence-corrected chi connectivity index (χ0v) is 14.3. The summed E-state index contributed by atoms with van der Waals surface area (Å²) in [4.78, 5) is 12.0. The molecule has 4 heteroatoms. The molecule has 0 radical (unpaired) electrons. The Morgan fingerprint density at radius 1 is 1.23 bits per heavy atom. The van der Waals surface area contributed by atoms with Gasteiger partial charge in [-0.15, -0.1) is 0 Å². The monoisotopic (exact) mass is 307 g/mol. The van der Waals surface area contributed by atoms with Crippen LogP contribution in [-0.2, 0) is 11.2 Å². The number of ether oxygens (including phenoxy) is 1. The van der Waals surface area contributed by atoms with Gasteiger partial charge in [0.2, 0.25) is 0 Å². The van der Waals surface area contributed by atoms with Gasteiger partial charge in [0.05, 0.1) is 12.1 Å². The van der Waals surface area contributed by atoms with Crippen molar-refractivity contribution in [3.05, 3.63) is 35.9 Å². The van der Waals surface area contributed by atoms with Gasteiger partial charge in [0.15, 0.2) is 0 Å². The second-order valence-electron chi connectivity index (χ2n) is 7.14. The summed E-state index contributed by atoms with van der Waals surface area (Å²) in [5.74, 6) is 0.366. The van der Waals surface area contributed by atoms with Gasteiger partial charge in [-0.05, 0) is 38.7 Å². The minimum absolute atomic E-state index is 0.324. The van der Waals surface area contributed by atoms with E-state index in [0.717, 1.165) is 5.56 Å². The Balaban J connectivity index is 2.68. The van der Waals surface area contributed by atoms with Crippen LogP contribution in [0.3, 0.4) is 0 Å². The standard InChI is InChI=1S/C18H29NO3/c1-13(2)11-15(19-17(21)22-18(3,4)5)16(20)12-14-9-7-6-8-10-14/h6-10,13,15-16,20H,11-12H2,1-5H3,(H,19,21)/t15-,16+/m0/s1. The van der Waals surface area contributed by atoms with Gasteiger partial charge in [-0.3, -0.25) is 0 Å². The predicted molar refractivity (Wildman–Crippen MR) is 88.8 cm³/mol. The van der Waals surface area contributed by atoms with Gasteiger partial charge in [0.1, 0.15) is 5.60 Å². The highest BCUT2D eigenvalue weighted by molar-refractivity contribution is 5.68. The van der Waals surface area contributed by atoms with E-state index in [9.17, 15) is 9.90 Å². The zero-order chi connectivity index (χ0) is 16.8. The van der Waals surface area contributed by atoms with E-state index in [2.05, 4.69) is 19.2 Å². The molecule has 2 atom stereocenters. The predicted octanol–water partition coefficient (Wildman–Crippen LogP) is 3.53. The number of aliphatic hydroxyl groups excluding tert-OH is 1.